The Hall–Kier alpha value is -1.85. The number of nitrogens with one attached hydrogen (secondary N) is 1. The average molecular weight is 332 g/mol. The number of carbonyl (C=O) groups excluding carboxylic acids is 2. The number of unbranched alkanes of at least 4 members (excludes halogenated alkanes) is 1. The van der Waals surface area contributed by atoms with Gasteiger partial charge in [0, 0.05) is 32.3 Å². The molecule has 0 radical (unpaired) electrons. The first-order valence-electron chi connectivity index (χ1n) is 9.20. The third kappa shape index (κ3) is 3.97. The van der Waals surface area contributed by atoms with Gasteiger partial charge in [0.05, 0.1) is 18.2 Å². The maximum absolute atomic E-state index is 12.3. The lowest BCUT2D eigenvalue weighted by Crippen LogP contribution is -2.41. The standard InChI is InChI=1S/C18H28N4O2/c1-3-4-5-17(24)22-9-8-21-12-15(20-18(21)13(22)2)10-16(23)19-11-14-6-7-14/h12-14H,3-11H2,1-2H3,(H,19,23). The molecule has 3 rings (SSSR count). The zero-order valence-corrected chi connectivity index (χ0v) is 14.8. The molecule has 2 amide bonds. The molecule has 1 aliphatic carbocycles. The number of carbonyl (C=O) groups is 2. The summed E-state index contributed by atoms with van der Waals surface area (Å²) in [5.41, 5.74) is 0.799. The topological polar surface area (TPSA) is 67.2 Å². The Morgan fingerprint density at radius 2 is 2.12 bits per heavy atom. The molecule has 1 saturated carbocycles. The normalized spacial score (nSPS) is 19.9. The van der Waals surface area contributed by atoms with Gasteiger partial charge in [0.25, 0.3) is 0 Å². The van der Waals surface area contributed by atoms with Crippen LogP contribution in [0.5, 0.6) is 0 Å². The Kier molecular flexibility index (Phi) is 5.21. The molecule has 1 N–H and O–H groups in total. The van der Waals surface area contributed by atoms with Crippen molar-refractivity contribution in [2.24, 2.45) is 5.92 Å². The first-order chi connectivity index (χ1) is 11.6. The smallest absolute Gasteiger partial charge is 0.226 e. The second-order valence-corrected chi connectivity index (χ2v) is 7.07. The van der Waals surface area contributed by atoms with Crippen molar-refractivity contribution in [2.75, 3.05) is 13.1 Å². The van der Waals surface area contributed by atoms with Crippen LogP contribution in [0.1, 0.15) is 63.5 Å². The fourth-order valence-corrected chi connectivity index (χ4v) is 3.25. The number of fused-ring (bicyclic) bond motifs is 1. The van der Waals surface area contributed by atoms with Crippen LogP contribution in [0.15, 0.2) is 6.20 Å². The first kappa shape index (κ1) is 17.0. The van der Waals surface area contributed by atoms with Gasteiger partial charge in [-0.3, -0.25) is 9.59 Å². The third-order valence-electron chi connectivity index (χ3n) is 4.97. The zero-order chi connectivity index (χ0) is 17.1. The van der Waals surface area contributed by atoms with Crippen molar-refractivity contribution in [1.82, 2.24) is 19.8 Å². The molecule has 2 aliphatic rings. The van der Waals surface area contributed by atoms with Crippen LogP contribution in [0.3, 0.4) is 0 Å². The van der Waals surface area contributed by atoms with Crippen molar-refractivity contribution < 1.29 is 9.59 Å². The zero-order valence-electron chi connectivity index (χ0n) is 14.8. The molecule has 6 nitrogen and oxygen atoms in total. The Bertz CT molecular complexity index is 606. The molecule has 0 aromatic carbocycles. The minimum atomic E-state index is -0.0219. The van der Waals surface area contributed by atoms with E-state index in [1.165, 1.54) is 12.8 Å². The van der Waals surface area contributed by atoms with Gasteiger partial charge in [-0.05, 0) is 32.1 Å². The van der Waals surface area contributed by atoms with Crippen LogP contribution in [-0.4, -0.2) is 39.4 Å². The van der Waals surface area contributed by atoms with Crippen molar-refractivity contribution in [2.45, 2.75) is 65.0 Å². The summed E-state index contributed by atoms with van der Waals surface area (Å²) in [7, 11) is 0. The van der Waals surface area contributed by atoms with E-state index in [1.807, 2.05) is 18.0 Å². The van der Waals surface area contributed by atoms with Crippen LogP contribution in [-0.2, 0) is 22.6 Å². The summed E-state index contributed by atoms with van der Waals surface area (Å²) in [4.78, 5) is 30.9. The third-order valence-corrected chi connectivity index (χ3v) is 4.97. The van der Waals surface area contributed by atoms with E-state index < -0.39 is 0 Å². The molecule has 2 heterocycles. The van der Waals surface area contributed by atoms with Crippen LogP contribution in [0, 0.1) is 5.92 Å². The van der Waals surface area contributed by atoms with E-state index in [0.717, 1.165) is 44.0 Å². The van der Waals surface area contributed by atoms with E-state index in [2.05, 4.69) is 21.8 Å². The largest absolute Gasteiger partial charge is 0.355 e. The molecule has 132 valence electrons. The number of rotatable bonds is 7. The lowest BCUT2D eigenvalue weighted by Gasteiger charge is -2.33. The van der Waals surface area contributed by atoms with Gasteiger partial charge in [-0.15, -0.1) is 0 Å². The second kappa shape index (κ2) is 7.36. The van der Waals surface area contributed by atoms with Gasteiger partial charge in [-0.1, -0.05) is 13.3 Å². The molecule has 1 aromatic rings. The predicted molar refractivity (Wildman–Crippen MR) is 91.3 cm³/mol. The molecule has 0 saturated heterocycles. The summed E-state index contributed by atoms with van der Waals surface area (Å²) in [6, 6.07) is -0.0219. The maximum Gasteiger partial charge on any atom is 0.226 e. The minimum Gasteiger partial charge on any atom is -0.355 e. The molecule has 1 aliphatic heterocycles. The summed E-state index contributed by atoms with van der Waals surface area (Å²) >= 11 is 0. The van der Waals surface area contributed by atoms with Crippen molar-refractivity contribution in [3.8, 4) is 0 Å². The summed E-state index contributed by atoms with van der Waals surface area (Å²) in [5.74, 6) is 1.84. The van der Waals surface area contributed by atoms with Crippen LogP contribution in [0.4, 0.5) is 0 Å². The van der Waals surface area contributed by atoms with Gasteiger partial charge in [-0.2, -0.15) is 0 Å². The quantitative estimate of drug-likeness (QED) is 0.831. The number of aromatic nitrogens is 2. The van der Waals surface area contributed by atoms with E-state index in [-0.39, 0.29) is 17.9 Å². The first-order valence-corrected chi connectivity index (χ1v) is 9.20. The monoisotopic (exact) mass is 332 g/mol. The van der Waals surface area contributed by atoms with Gasteiger partial charge in [0.2, 0.25) is 11.8 Å². The molecule has 24 heavy (non-hydrogen) atoms. The maximum atomic E-state index is 12.3. The molecular weight excluding hydrogens is 304 g/mol. The molecular formula is C18H28N4O2. The Labute approximate surface area is 143 Å². The highest BCUT2D eigenvalue weighted by Gasteiger charge is 2.29. The summed E-state index contributed by atoms with van der Waals surface area (Å²) in [5, 5.41) is 2.98. The molecule has 1 unspecified atom stereocenters. The number of amides is 2. The Morgan fingerprint density at radius 1 is 1.33 bits per heavy atom. The van der Waals surface area contributed by atoms with Crippen molar-refractivity contribution in [3.05, 3.63) is 17.7 Å². The van der Waals surface area contributed by atoms with Gasteiger partial charge < -0.3 is 14.8 Å². The van der Waals surface area contributed by atoms with Crippen molar-refractivity contribution in [3.63, 3.8) is 0 Å². The second-order valence-electron chi connectivity index (χ2n) is 7.07. The Balaban J connectivity index is 1.60. The summed E-state index contributed by atoms with van der Waals surface area (Å²) in [6.07, 6.45) is 7.33. The highest BCUT2D eigenvalue weighted by atomic mass is 16.2. The predicted octanol–water partition coefficient (Wildman–Crippen LogP) is 2.05. The minimum absolute atomic E-state index is 0.0219. The summed E-state index contributed by atoms with van der Waals surface area (Å²) in [6.45, 7) is 6.40. The fraction of sp³-hybridized carbons (Fsp3) is 0.722. The Morgan fingerprint density at radius 3 is 2.83 bits per heavy atom. The van der Waals surface area contributed by atoms with Crippen LogP contribution in [0.25, 0.3) is 0 Å². The number of hydrogen-bond donors (Lipinski definition) is 1. The molecule has 0 spiro atoms. The van der Waals surface area contributed by atoms with E-state index in [4.69, 9.17) is 0 Å². The van der Waals surface area contributed by atoms with Gasteiger partial charge in [-0.25, -0.2) is 4.98 Å². The molecule has 1 atom stereocenters. The van der Waals surface area contributed by atoms with Crippen LogP contribution < -0.4 is 5.32 Å². The molecule has 1 fully saturated rings. The van der Waals surface area contributed by atoms with E-state index in [1.54, 1.807) is 0 Å². The molecule has 1 aromatic heterocycles. The molecule has 6 heteroatoms. The number of nitrogens with zero attached hydrogens (tertiary/aromatic N) is 3. The van der Waals surface area contributed by atoms with Gasteiger partial charge >= 0.3 is 0 Å². The van der Waals surface area contributed by atoms with Gasteiger partial charge in [0.15, 0.2) is 0 Å². The van der Waals surface area contributed by atoms with E-state index in [9.17, 15) is 9.59 Å². The van der Waals surface area contributed by atoms with E-state index >= 15 is 0 Å². The van der Waals surface area contributed by atoms with Gasteiger partial charge in [0.1, 0.15) is 5.82 Å². The highest BCUT2D eigenvalue weighted by Crippen LogP contribution is 2.28. The number of hydrogen-bond acceptors (Lipinski definition) is 3. The fourth-order valence-electron chi connectivity index (χ4n) is 3.25. The number of imidazole rings is 1. The lowest BCUT2D eigenvalue weighted by atomic mass is 10.1. The molecule has 0 bridgehead atoms. The lowest BCUT2D eigenvalue weighted by molar-refractivity contribution is -0.134. The van der Waals surface area contributed by atoms with Crippen molar-refractivity contribution in [1.29, 1.82) is 0 Å². The average Bonchev–Trinajstić information content (AvgIpc) is 3.30. The SMILES string of the molecule is CCCCC(=O)N1CCn2cc(CC(=O)NCC3CC3)nc2C1C. The summed E-state index contributed by atoms with van der Waals surface area (Å²) < 4.78 is 2.10. The van der Waals surface area contributed by atoms with Crippen molar-refractivity contribution >= 4 is 11.8 Å². The van der Waals surface area contributed by atoms with Crippen LogP contribution in [0.2, 0.25) is 0 Å². The van der Waals surface area contributed by atoms with Crippen LogP contribution >= 0.6 is 0 Å². The van der Waals surface area contributed by atoms with E-state index in [0.29, 0.717) is 18.8 Å². The highest BCUT2D eigenvalue weighted by molar-refractivity contribution is 5.78.